The lowest BCUT2D eigenvalue weighted by Gasteiger charge is -2.21. The molecule has 0 rings (SSSR count). The Labute approximate surface area is 254 Å². The Kier molecular flexibility index (Phi) is 30.9. The highest BCUT2D eigenvalue weighted by Crippen LogP contribution is 2.15. The molecular weight excluding hydrogens is 514 g/mol. The van der Waals surface area contributed by atoms with Gasteiger partial charge in [-0.25, -0.2) is 0 Å². The highest BCUT2D eigenvalue weighted by molar-refractivity contribution is 5.69. The number of esters is 2. The summed E-state index contributed by atoms with van der Waals surface area (Å²) in [5, 5.41) is 9.44. The van der Waals surface area contributed by atoms with Crippen molar-refractivity contribution in [2.24, 2.45) is 0 Å². The van der Waals surface area contributed by atoms with Crippen LogP contribution in [-0.4, -0.2) is 60.9 Å². The molecule has 0 aromatic carbocycles. The predicted molar refractivity (Wildman–Crippen MR) is 172 cm³/mol. The zero-order valence-corrected chi connectivity index (χ0v) is 27.6. The molecule has 0 aliphatic rings. The molecule has 0 spiro atoms. The van der Waals surface area contributed by atoms with Crippen molar-refractivity contribution in [3.63, 3.8) is 0 Å². The van der Waals surface area contributed by atoms with Crippen LogP contribution in [0.25, 0.3) is 0 Å². The first-order valence-corrected chi connectivity index (χ1v) is 17.8. The zero-order valence-electron chi connectivity index (χ0n) is 27.6. The molecule has 0 fully saturated rings. The maximum atomic E-state index is 12.3. The summed E-state index contributed by atoms with van der Waals surface area (Å²) < 4.78 is 11.1. The lowest BCUT2D eigenvalue weighted by atomic mass is 10.1. The molecule has 0 amide bonds. The largest absolute Gasteiger partial charge is 0.466 e. The molecule has 0 bridgehead atoms. The lowest BCUT2D eigenvalue weighted by molar-refractivity contribution is -0.150. The van der Waals surface area contributed by atoms with Gasteiger partial charge in [-0.2, -0.15) is 0 Å². The summed E-state index contributed by atoms with van der Waals surface area (Å²) in [5.74, 6) is -0.0502. The summed E-state index contributed by atoms with van der Waals surface area (Å²) in [6, 6.07) is 0. The average Bonchev–Trinajstić information content (AvgIpc) is 2.96. The lowest BCUT2D eigenvalue weighted by Crippen LogP contribution is -2.29. The Balaban J connectivity index is 3.73. The maximum Gasteiger partial charge on any atom is 0.306 e. The summed E-state index contributed by atoms with van der Waals surface area (Å²) >= 11 is 0. The first-order valence-electron chi connectivity index (χ1n) is 17.8. The summed E-state index contributed by atoms with van der Waals surface area (Å²) in [6.45, 7) is 10.2. The number of unbranched alkanes of at least 4 members (excludes halogenated alkanes) is 15. The second-order valence-corrected chi connectivity index (χ2v) is 12.0. The minimum Gasteiger partial charge on any atom is -0.466 e. The van der Waals surface area contributed by atoms with E-state index in [4.69, 9.17) is 9.47 Å². The maximum absolute atomic E-state index is 12.3. The molecule has 0 saturated heterocycles. The van der Waals surface area contributed by atoms with E-state index in [9.17, 15) is 14.7 Å². The van der Waals surface area contributed by atoms with E-state index in [2.05, 4.69) is 25.7 Å². The fourth-order valence-electron chi connectivity index (χ4n) is 5.26. The molecule has 0 aliphatic carbocycles. The Hall–Kier alpha value is -1.14. The van der Waals surface area contributed by atoms with Crippen molar-refractivity contribution in [3.8, 4) is 0 Å². The van der Waals surface area contributed by atoms with Crippen LogP contribution in [-0.2, 0) is 19.1 Å². The van der Waals surface area contributed by atoms with E-state index < -0.39 is 0 Å². The van der Waals surface area contributed by atoms with Crippen LogP contribution in [0.4, 0.5) is 0 Å². The SMILES string of the molecule is CCCCCCCCOC(=O)CCCCCCCN(CCO)CCCCCCCC(=O)OC(CCCC)CCCC. The molecule has 0 aliphatic heterocycles. The van der Waals surface area contributed by atoms with Crippen LogP contribution in [0, 0.1) is 0 Å². The van der Waals surface area contributed by atoms with E-state index in [-0.39, 0.29) is 24.6 Å². The van der Waals surface area contributed by atoms with Gasteiger partial charge in [-0.3, -0.25) is 9.59 Å². The molecule has 6 nitrogen and oxygen atoms in total. The van der Waals surface area contributed by atoms with Crippen molar-refractivity contribution in [3.05, 3.63) is 0 Å². The number of ether oxygens (including phenoxy) is 2. The van der Waals surface area contributed by atoms with E-state index in [1.54, 1.807) is 0 Å². The minimum absolute atomic E-state index is 0.0141. The molecule has 0 aromatic heterocycles. The number of hydrogen-bond acceptors (Lipinski definition) is 6. The highest BCUT2D eigenvalue weighted by Gasteiger charge is 2.13. The van der Waals surface area contributed by atoms with E-state index in [1.165, 1.54) is 38.5 Å². The smallest absolute Gasteiger partial charge is 0.306 e. The number of carbonyl (C=O) groups is 2. The van der Waals surface area contributed by atoms with Crippen LogP contribution < -0.4 is 0 Å². The molecule has 6 heteroatoms. The van der Waals surface area contributed by atoms with Gasteiger partial charge in [0, 0.05) is 19.4 Å². The molecule has 0 saturated carbocycles. The van der Waals surface area contributed by atoms with Crippen molar-refractivity contribution in [2.45, 2.75) is 181 Å². The second-order valence-electron chi connectivity index (χ2n) is 12.0. The van der Waals surface area contributed by atoms with Gasteiger partial charge in [-0.1, -0.05) is 117 Å². The van der Waals surface area contributed by atoms with Gasteiger partial charge in [0.1, 0.15) is 6.10 Å². The highest BCUT2D eigenvalue weighted by atomic mass is 16.5. The standard InChI is InChI=1S/C35H69NO5/c1-4-7-10-11-18-23-32-40-34(38)26-19-14-12-16-21-28-36(30-31-37)29-22-17-13-15-20-27-35(39)41-33(24-8-5-2)25-9-6-3/h33,37H,4-32H2,1-3H3. The Bertz CT molecular complexity index is 563. The predicted octanol–water partition coefficient (Wildman–Crippen LogP) is 9.16. The summed E-state index contributed by atoms with van der Waals surface area (Å²) in [5.41, 5.74) is 0. The van der Waals surface area contributed by atoms with Gasteiger partial charge < -0.3 is 19.5 Å². The molecular formula is C35H69NO5. The third-order valence-corrected chi connectivity index (χ3v) is 7.95. The zero-order chi connectivity index (χ0) is 30.2. The van der Waals surface area contributed by atoms with Gasteiger partial charge in [0.05, 0.1) is 13.2 Å². The van der Waals surface area contributed by atoms with Crippen molar-refractivity contribution >= 4 is 11.9 Å². The van der Waals surface area contributed by atoms with Crippen molar-refractivity contribution in [1.82, 2.24) is 4.90 Å². The van der Waals surface area contributed by atoms with Crippen molar-refractivity contribution in [2.75, 3.05) is 32.8 Å². The summed E-state index contributed by atoms with van der Waals surface area (Å²) in [6.07, 6.45) is 26.0. The van der Waals surface area contributed by atoms with E-state index >= 15 is 0 Å². The second kappa shape index (κ2) is 31.8. The van der Waals surface area contributed by atoms with Gasteiger partial charge in [0.15, 0.2) is 0 Å². The molecule has 0 aromatic rings. The van der Waals surface area contributed by atoms with E-state index in [0.29, 0.717) is 19.4 Å². The topological polar surface area (TPSA) is 76.1 Å². The Morgan fingerprint density at radius 1 is 0.561 bits per heavy atom. The summed E-state index contributed by atoms with van der Waals surface area (Å²) in [4.78, 5) is 26.5. The average molecular weight is 584 g/mol. The van der Waals surface area contributed by atoms with Gasteiger partial charge in [-0.05, 0) is 58.0 Å². The number of rotatable bonds is 32. The molecule has 1 N–H and O–H groups in total. The molecule has 0 heterocycles. The number of nitrogens with zero attached hydrogens (tertiary/aromatic N) is 1. The normalized spacial score (nSPS) is 11.5. The van der Waals surface area contributed by atoms with Crippen molar-refractivity contribution in [1.29, 1.82) is 0 Å². The Morgan fingerprint density at radius 2 is 1.02 bits per heavy atom. The molecule has 0 atom stereocenters. The Morgan fingerprint density at radius 3 is 1.56 bits per heavy atom. The van der Waals surface area contributed by atoms with E-state index in [1.807, 2.05) is 0 Å². The van der Waals surface area contributed by atoms with Crippen LogP contribution in [0.2, 0.25) is 0 Å². The van der Waals surface area contributed by atoms with Crippen LogP contribution in [0.5, 0.6) is 0 Å². The van der Waals surface area contributed by atoms with Gasteiger partial charge >= 0.3 is 11.9 Å². The molecule has 0 radical (unpaired) electrons. The number of aliphatic hydroxyl groups excluding tert-OH is 1. The van der Waals surface area contributed by atoms with Crippen LogP contribution >= 0.6 is 0 Å². The minimum atomic E-state index is -0.0360. The number of carbonyl (C=O) groups excluding carboxylic acids is 2. The van der Waals surface area contributed by atoms with Gasteiger partial charge in [-0.15, -0.1) is 0 Å². The molecule has 0 unspecified atom stereocenters. The molecule has 244 valence electrons. The number of aliphatic hydroxyl groups is 1. The third kappa shape index (κ3) is 28.7. The third-order valence-electron chi connectivity index (χ3n) is 7.95. The van der Waals surface area contributed by atoms with Crippen molar-refractivity contribution < 1.29 is 24.2 Å². The summed E-state index contributed by atoms with van der Waals surface area (Å²) in [7, 11) is 0. The molecule has 41 heavy (non-hydrogen) atoms. The first kappa shape index (κ1) is 39.9. The first-order chi connectivity index (χ1) is 20.1. The van der Waals surface area contributed by atoms with Gasteiger partial charge in [0.25, 0.3) is 0 Å². The van der Waals surface area contributed by atoms with Crippen LogP contribution in [0.1, 0.15) is 175 Å². The fraction of sp³-hybridized carbons (Fsp3) is 0.943. The fourth-order valence-corrected chi connectivity index (χ4v) is 5.26. The quantitative estimate of drug-likeness (QED) is 0.0628. The van der Waals surface area contributed by atoms with Crippen LogP contribution in [0.15, 0.2) is 0 Å². The monoisotopic (exact) mass is 584 g/mol. The number of hydrogen-bond donors (Lipinski definition) is 1. The van der Waals surface area contributed by atoms with E-state index in [0.717, 1.165) is 122 Å². The van der Waals surface area contributed by atoms with Gasteiger partial charge in [0.2, 0.25) is 0 Å². The van der Waals surface area contributed by atoms with Crippen LogP contribution in [0.3, 0.4) is 0 Å².